The van der Waals surface area contributed by atoms with E-state index in [1.54, 1.807) is 19.3 Å². The normalized spacial score (nSPS) is 11.2. The number of benzene rings is 3. The van der Waals surface area contributed by atoms with Gasteiger partial charge in [0.15, 0.2) is 0 Å². The molecule has 1 aromatic heterocycles. The zero-order chi connectivity index (χ0) is 21.1. The zero-order valence-corrected chi connectivity index (χ0v) is 16.1. The number of phenols is 1. The van der Waals surface area contributed by atoms with Gasteiger partial charge in [0.1, 0.15) is 23.7 Å². The summed E-state index contributed by atoms with van der Waals surface area (Å²) in [6.45, 7) is -0.0897. The van der Waals surface area contributed by atoms with Crippen LogP contribution < -0.4 is 10.4 Å². The first-order valence-electron chi connectivity index (χ1n) is 9.20. The highest BCUT2D eigenvalue weighted by Crippen LogP contribution is 2.23. The lowest BCUT2D eigenvalue weighted by Gasteiger charge is -2.06. The minimum absolute atomic E-state index is 0.0171. The van der Waals surface area contributed by atoms with Gasteiger partial charge in [0.05, 0.1) is 7.11 Å². The number of methoxy groups -OCH3 is 1. The Morgan fingerprint density at radius 2 is 1.83 bits per heavy atom. The van der Waals surface area contributed by atoms with Gasteiger partial charge in [0.25, 0.3) is 0 Å². The van der Waals surface area contributed by atoms with Crippen molar-refractivity contribution in [2.75, 3.05) is 7.11 Å². The third-order valence-corrected chi connectivity index (χ3v) is 4.67. The van der Waals surface area contributed by atoms with E-state index in [1.165, 1.54) is 24.3 Å². The van der Waals surface area contributed by atoms with Crippen LogP contribution in [-0.4, -0.2) is 18.2 Å². The number of carbonyl (C=O) groups excluding carboxylic acids is 1. The highest BCUT2D eigenvalue weighted by atomic mass is 16.5. The van der Waals surface area contributed by atoms with Crippen molar-refractivity contribution < 1.29 is 23.8 Å². The second-order valence-electron chi connectivity index (χ2n) is 6.68. The standard InChI is InChI=1S/C24H18O6/c1-28-20-7-5-16-10-15(2-4-17(16)11-20)3-9-23(26)29-14-18-12-24(27)30-22-13-19(25)6-8-21(18)22/h2-13,25H,14H2,1H3/b9-3+. The molecule has 0 amide bonds. The summed E-state index contributed by atoms with van der Waals surface area (Å²) in [6.07, 6.45) is 3.01. The van der Waals surface area contributed by atoms with Crippen molar-refractivity contribution in [3.63, 3.8) is 0 Å². The second-order valence-corrected chi connectivity index (χ2v) is 6.68. The Kier molecular flexibility index (Phi) is 5.22. The zero-order valence-electron chi connectivity index (χ0n) is 16.1. The average Bonchev–Trinajstić information content (AvgIpc) is 2.75. The maximum atomic E-state index is 12.1. The van der Waals surface area contributed by atoms with Crippen molar-refractivity contribution >= 4 is 33.8 Å². The number of carbonyl (C=O) groups is 1. The van der Waals surface area contributed by atoms with Crippen molar-refractivity contribution in [1.29, 1.82) is 0 Å². The van der Waals surface area contributed by atoms with Crippen molar-refractivity contribution in [3.05, 3.63) is 88.3 Å². The Labute approximate surface area is 171 Å². The smallest absolute Gasteiger partial charge is 0.336 e. The molecule has 3 aromatic carbocycles. The van der Waals surface area contributed by atoms with E-state index in [0.717, 1.165) is 22.1 Å². The number of ether oxygens (including phenoxy) is 2. The molecule has 0 aliphatic carbocycles. The molecular formula is C24H18O6. The van der Waals surface area contributed by atoms with Gasteiger partial charge in [0, 0.05) is 29.2 Å². The summed E-state index contributed by atoms with van der Waals surface area (Å²) in [6, 6.07) is 17.3. The van der Waals surface area contributed by atoms with Gasteiger partial charge >= 0.3 is 11.6 Å². The molecule has 6 nitrogen and oxygen atoms in total. The van der Waals surface area contributed by atoms with Crippen LogP contribution in [0.1, 0.15) is 11.1 Å². The first-order valence-corrected chi connectivity index (χ1v) is 9.20. The molecule has 6 heteroatoms. The summed E-state index contributed by atoms with van der Waals surface area (Å²) in [7, 11) is 1.62. The van der Waals surface area contributed by atoms with Gasteiger partial charge in [-0.25, -0.2) is 9.59 Å². The molecule has 30 heavy (non-hydrogen) atoms. The SMILES string of the molecule is COc1ccc2cc(/C=C/C(=O)OCc3cc(=O)oc4cc(O)ccc34)ccc2c1. The Morgan fingerprint density at radius 1 is 1.03 bits per heavy atom. The van der Waals surface area contributed by atoms with Gasteiger partial charge < -0.3 is 19.0 Å². The quantitative estimate of drug-likeness (QED) is 0.302. The minimum Gasteiger partial charge on any atom is -0.508 e. The molecule has 0 spiro atoms. The fourth-order valence-electron chi connectivity index (χ4n) is 3.17. The molecule has 4 rings (SSSR count). The molecule has 0 unspecified atom stereocenters. The Morgan fingerprint density at radius 3 is 2.67 bits per heavy atom. The first-order chi connectivity index (χ1) is 14.5. The van der Waals surface area contributed by atoms with Gasteiger partial charge in [-0.1, -0.05) is 18.2 Å². The largest absolute Gasteiger partial charge is 0.508 e. The van der Waals surface area contributed by atoms with Crippen molar-refractivity contribution in [2.45, 2.75) is 6.61 Å². The molecule has 1 heterocycles. The van der Waals surface area contributed by atoms with E-state index in [0.29, 0.717) is 10.9 Å². The summed E-state index contributed by atoms with van der Waals surface area (Å²) in [5, 5.41) is 12.2. The van der Waals surface area contributed by atoms with E-state index in [1.807, 2.05) is 36.4 Å². The lowest BCUT2D eigenvalue weighted by atomic mass is 10.1. The van der Waals surface area contributed by atoms with E-state index in [2.05, 4.69) is 0 Å². The minimum atomic E-state index is -0.581. The fourth-order valence-corrected chi connectivity index (χ4v) is 3.17. The third kappa shape index (κ3) is 4.17. The monoisotopic (exact) mass is 402 g/mol. The van der Waals surface area contributed by atoms with Crippen LogP contribution in [0, 0.1) is 0 Å². The number of esters is 1. The molecule has 0 radical (unpaired) electrons. The van der Waals surface area contributed by atoms with E-state index >= 15 is 0 Å². The predicted octanol–water partition coefficient (Wildman–Crippen LogP) is 4.42. The maximum Gasteiger partial charge on any atom is 0.336 e. The lowest BCUT2D eigenvalue weighted by molar-refractivity contribution is -0.138. The number of fused-ring (bicyclic) bond motifs is 2. The topological polar surface area (TPSA) is 86.0 Å². The average molecular weight is 402 g/mol. The molecule has 0 fully saturated rings. The number of aromatic hydroxyl groups is 1. The van der Waals surface area contributed by atoms with Crippen LogP contribution in [-0.2, 0) is 16.1 Å². The van der Waals surface area contributed by atoms with Gasteiger partial charge in [-0.15, -0.1) is 0 Å². The second kappa shape index (κ2) is 8.13. The van der Waals surface area contributed by atoms with Gasteiger partial charge in [-0.05, 0) is 52.7 Å². The summed E-state index contributed by atoms with van der Waals surface area (Å²) >= 11 is 0. The van der Waals surface area contributed by atoms with Crippen LogP contribution in [0.5, 0.6) is 11.5 Å². The molecule has 0 aliphatic heterocycles. The summed E-state index contributed by atoms with van der Waals surface area (Å²) in [4.78, 5) is 23.9. The van der Waals surface area contributed by atoms with E-state index in [4.69, 9.17) is 13.9 Å². The molecule has 1 N–H and O–H groups in total. The molecule has 4 aromatic rings. The Bertz CT molecular complexity index is 1330. The van der Waals surface area contributed by atoms with Gasteiger partial charge in [-0.3, -0.25) is 0 Å². The fraction of sp³-hybridized carbons (Fsp3) is 0.0833. The number of rotatable bonds is 5. The highest BCUT2D eigenvalue weighted by Gasteiger charge is 2.08. The molecule has 0 bridgehead atoms. The van der Waals surface area contributed by atoms with Gasteiger partial charge in [0.2, 0.25) is 0 Å². The predicted molar refractivity (Wildman–Crippen MR) is 113 cm³/mol. The summed E-state index contributed by atoms with van der Waals surface area (Å²) < 4.78 is 15.6. The van der Waals surface area contributed by atoms with E-state index < -0.39 is 11.6 Å². The third-order valence-electron chi connectivity index (χ3n) is 4.67. The molecule has 0 aliphatic rings. The van der Waals surface area contributed by atoms with Crippen molar-refractivity contribution in [1.82, 2.24) is 0 Å². The maximum absolute atomic E-state index is 12.1. The molecule has 0 saturated carbocycles. The van der Waals surface area contributed by atoms with Crippen LogP contribution in [0.2, 0.25) is 0 Å². The molecular weight excluding hydrogens is 384 g/mol. The first kappa shape index (κ1) is 19.3. The Balaban J connectivity index is 1.47. The van der Waals surface area contributed by atoms with Crippen LogP contribution in [0.4, 0.5) is 0 Å². The summed E-state index contributed by atoms with van der Waals surface area (Å²) in [5.74, 6) is 0.230. The number of hydrogen-bond acceptors (Lipinski definition) is 6. The lowest BCUT2D eigenvalue weighted by Crippen LogP contribution is -2.05. The summed E-state index contributed by atoms with van der Waals surface area (Å²) in [5.41, 5.74) is 1.01. The molecule has 0 atom stereocenters. The molecule has 0 saturated heterocycles. The van der Waals surface area contributed by atoms with Crippen LogP contribution in [0.25, 0.3) is 27.8 Å². The number of phenolic OH excluding ortho intramolecular Hbond substituents is 1. The van der Waals surface area contributed by atoms with Crippen molar-refractivity contribution in [3.8, 4) is 11.5 Å². The van der Waals surface area contributed by atoms with E-state index in [9.17, 15) is 14.7 Å². The Hall–Kier alpha value is -4.06. The van der Waals surface area contributed by atoms with E-state index in [-0.39, 0.29) is 17.9 Å². The van der Waals surface area contributed by atoms with Gasteiger partial charge in [-0.2, -0.15) is 0 Å². The highest BCUT2D eigenvalue weighted by molar-refractivity contribution is 5.90. The number of hydrogen-bond donors (Lipinski definition) is 1. The van der Waals surface area contributed by atoms with Crippen LogP contribution in [0.15, 0.2) is 76.0 Å². The van der Waals surface area contributed by atoms with Crippen LogP contribution in [0.3, 0.4) is 0 Å². The molecule has 150 valence electrons. The van der Waals surface area contributed by atoms with Crippen LogP contribution >= 0.6 is 0 Å². The van der Waals surface area contributed by atoms with Crippen molar-refractivity contribution in [2.24, 2.45) is 0 Å².